The summed E-state index contributed by atoms with van der Waals surface area (Å²) in [7, 11) is 0. The maximum Gasteiger partial charge on any atom is 0.325 e. The molecule has 174 valence electrons. The van der Waals surface area contributed by atoms with Crippen molar-refractivity contribution in [3.8, 4) is 0 Å². The average Bonchev–Trinajstić information content (AvgIpc) is 2.68. The Labute approximate surface area is 192 Å². The minimum atomic E-state index is -0.618. The number of aryl methyl sites for hydroxylation is 1. The van der Waals surface area contributed by atoms with Gasteiger partial charge in [0, 0.05) is 12.2 Å². The summed E-state index contributed by atoms with van der Waals surface area (Å²) in [5.41, 5.74) is 3.16. The highest BCUT2D eigenvalue weighted by atomic mass is 16.6. The van der Waals surface area contributed by atoms with Gasteiger partial charge in [0.15, 0.2) is 0 Å². The molecule has 0 saturated heterocycles. The van der Waals surface area contributed by atoms with Gasteiger partial charge in [0.1, 0.15) is 12.1 Å². The number of anilines is 1. The van der Waals surface area contributed by atoms with Gasteiger partial charge in [0.05, 0.1) is 12.0 Å². The molecule has 0 spiro atoms. The van der Waals surface area contributed by atoms with Crippen LogP contribution in [0.3, 0.4) is 0 Å². The van der Waals surface area contributed by atoms with E-state index in [0.29, 0.717) is 19.6 Å². The van der Waals surface area contributed by atoms with Gasteiger partial charge in [-0.05, 0) is 78.1 Å². The van der Waals surface area contributed by atoms with Crippen molar-refractivity contribution in [1.29, 1.82) is 0 Å². The van der Waals surface area contributed by atoms with Gasteiger partial charge in [-0.3, -0.25) is 9.59 Å². The Morgan fingerprint density at radius 1 is 0.875 bits per heavy atom. The number of hydrogen-bond donors (Lipinski definition) is 0. The average molecular weight is 440 g/mol. The number of benzene rings is 2. The number of esters is 2. The van der Waals surface area contributed by atoms with Crippen LogP contribution in [0, 0.1) is 12.3 Å². The first-order chi connectivity index (χ1) is 14.9. The fourth-order valence-electron chi connectivity index (χ4n) is 3.34. The van der Waals surface area contributed by atoms with Gasteiger partial charge in [-0.2, -0.15) is 0 Å². The fourth-order valence-corrected chi connectivity index (χ4v) is 3.34. The molecule has 2 aromatic carbocycles. The first-order valence-electron chi connectivity index (χ1n) is 11.2. The molecule has 2 aromatic rings. The first kappa shape index (κ1) is 25.4. The number of carbonyl (C=O) groups excluding carboxylic acids is 2. The van der Waals surface area contributed by atoms with E-state index in [0.717, 1.165) is 16.8 Å². The Morgan fingerprint density at radius 3 is 1.97 bits per heavy atom. The van der Waals surface area contributed by atoms with Crippen molar-refractivity contribution >= 4 is 17.6 Å². The van der Waals surface area contributed by atoms with Crippen molar-refractivity contribution in [1.82, 2.24) is 0 Å². The van der Waals surface area contributed by atoms with Crippen molar-refractivity contribution in [3.05, 3.63) is 65.2 Å². The molecular formula is C27H37NO4. The van der Waals surface area contributed by atoms with Crippen molar-refractivity contribution in [2.45, 2.75) is 67.0 Å². The predicted molar refractivity (Wildman–Crippen MR) is 129 cm³/mol. The van der Waals surface area contributed by atoms with Crippen LogP contribution in [0.4, 0.5) is 5.69 Å². The lowest BCUT2D eigenvalue weighted by Gasteiger charge is -2.28. The zero-order valence-corrected chi connectivity index (χ0v) is 20.5. The van der Waals surface area contributed by atoms with E-state index in [9.17, 15) is 9.59 Å². The second-order valence-electron chi connectivity index (χ2n) is 9.88. The van der Waals surface area contributed by atoms with Gasteiger partial charge in [0.2, 0.25) is 0 Å². The van der Waals surface area contributed by atoms with Crippen LogP contribution in [-0.2, 0) is 32.0 Å². The molecule has 5 nitrogen and oxygen atoms in total. The highest BCUT2D eigenvalue weighted by Gasteiger charge is 2.32. The summed E-state index contributed by atoms with van der Waals surface area (Å²) in [6.45, 7) is 14.4. The van der Waals surface area contributed by atoms with Gasteiger partial charge >= 0.3 is 11.9 Å². The number of nitrogens with zero attached hydrogens (tertiary/aromatic N) is 1. The van der Waals surface area contributed by atoms with Crippen LogP contribution in [0.1, 0.15) is 58.2 Å². The van der Waals surface area contributed by atoms with E-state index in [1.165, 1.54) is 5.56 Å². The third kappa shape index (κ3) is 8.03. The molecule has 0 aliphatic rings. The molecule has 0 atom stereocenters. The van der Waals surface area contributed by atoms with E-state index in [4.69, 9.17) is 9.47 Å². The van der Waals surface area contributed by atoms with Gasteiger partial charge < -0.3 is 14.4 Å². The van der Waals surface area contributed by atoms with Crippen LogP contribution in [0.25, 0.3) is 0 Å². The molecule has 0 amide bonds. The van der Waals surface area contributed by atoms with Crippen LogP contribution in [0.15, 0.2) is 48.5 Å². The molecule has 0 aliphatic carbocycles. The lowest BCUT2D eigenvalue weighted by atomic mass is 9.85. The van der Waals surface area contributed by atoms with Crippen molar-refractivity contribution in [2.24, 2.45) is 5.41 Å². The van der Waals surface area contributed by atoms with E-state index in [1.54, 1.807) is 0 Å². The van der Waals surface area contributed by atoms with Crippen LogP contribution >= 0.6 is 0 Å². The largest absolute Gasteiger partial charge is 0.465 e. The Morgan fingerprint density at radius 2 is 1.44 bits per heavy atom. The minimum Gasteiger partial charge on any atom is -0.465 e. The molecule has 0 N–H and O–H groups in total. The molecule has 0 unspecified atom stereocenters. The molecular weight excluding hydrogens is 402 g/mol. The third-order valence-electron chi connectivity index (χ3n) is 5.02. The number of hydrogen-bond acceptors (Lipinski definition) is 5. The summed E-state index contributed by atoms with van der Waals surface area (Å²) in [4.78, 5) is 26.7. The Bertz CT molecular complexity index is 893. The van der Waals surface area contributed by atoms with Crippen LogP contribution < -0.4 is 4.90 Å². The molecule has 0 saturated carbocycles. The lowest BCUT2D eigenvalue weighted by molar-refractivity contribution is -0.165. The molecule has 0 aromatic heterocycles. The summed E-state index contributed by atoms with van der Waals surface area (Å²) < 4.78 is 10.7. The minimum absolute atomic E-state index is 0.185. The second kappa shape index (κ2) is 10.7. The van der Waals surface area contributed by atoms with Crippen molar-refractivity contribution < 1.29 is 19.1 Å². The van der Waals surface area contributed by atoms with Gasteiger partial charge in [0.25, 0.3) is 0 Å². The van der Waals surface area contributed by atoms with Crippen LogP contribution in [0.2, 0.25) is 0 Å². The lowest BCUT2D eigenvalue weighted by Crippen LogP contribution is -2.35. The summed E-state index contributed by atoms with van der Waals surface area (Å²) >= 11 is 0. The zero-order chi connectivity index (χ0) is 23.9. The molecule has 5 heteroatoms. The molecule has 32 heavy (non-hydrogen) atoms. The monoisotopic (exact) mass is 439 g/mol. The quantitative estimate of drug-likeness (QED) is 0.485. The molecule has 0 fully saturated rings. The van der Waals surface area contributed by atoms with E-state index in [-0.39, 0.29) is 18.5 Å². The fraction of sp³-hybridized carbons (Fsp3) is 0.481. The number of ether oxygens (including phenoxy) is 2. The van der Waals surface area contributed by atoms with Gasteiger partial charge in [-0.25, -0.2) is 0 Å². The first-order valence-corrected chi connectivity index (χ1v) is 11.2. The highest BCUT2D eigenvalue weighted by Crippen LogP contribution is 2.27. The van der Waals surface area contributed by atoms with E-state index in [1.807, 2.05) is 102 Å². The van der Waals surface area contributed by atoms with Crippen molar-refractivity contribution in [3.63, 3.8) is 0 Å². The normalized spacial score (nSPS) is 11.7. The third-order valence-corrected chi connectivity index (χ3v) is 5.02. The van der Waals surface area contributed by atoms with E-state index in [2.05, 4.69) is 0 Å². The SMILES string of the molecule is CCOC(=O)CN(Cc1ccc(CC(C)(C)C(=O)OC(C)(C)C)cc1)c1ccc(C)cc1. The van der Waals surface area contributed by atoms with E-state index < -0.39 is 11.0 Å². The van der Waals surface area contributed by atoms with Crippen molar-refractivity contribution in [2.75, 3.05) is 18.1 Å². The molecule has 2 rings (SSSR count). The zero-order valence-electron chi connectivity index (χ0n) is 20.5. The summed E-state index contributed by atoms with van der Waals surface area (Å²) in [6.07, 6.45) is 0.590. The molecule has 0 radical (unpaired) electrons. The number of carbonyl (C=O) groups is 2. The standard InChI is InChI=1S/C27H37NO4/c1-8-31-24(29)19-28(23-15-9-20(2)10-16-23)18-22-13-11-21(12-14-22)17-27(6,7)25(30)32-26(3,4)5/h9-16H,8,17-19H2,1-7H3. The Balaban J connectivity index is 2.12. The summed E-state index contributed by atoms with van der Waals surface area (Å²) in [5.74, 6) is -0.446. The summed E-state index contributed by atoms with van der Waals surface area (Å²) in [6, 6.07) is 16.3. The predicted octanol–water partition coefficient (Wildman–Crippen LogP) is 5.48. The highest BCUT2D eigenvalue weighted by molar-refractivity contribution is 5.77. The van der Waals surface area contributed by atoms with Gasteiger partial charge in [-0.1, -0.05) is 42.0 Å². The van der Waals surface area contributed by atoms with Gasteiger partial charge in [-0.15, -0.1) is 0 Å². The smallest absolute Gasteiger partial charge is 0.325 e. The Kier molecular flexibility index (Phi) is 8.48. The summed E-state index contributed by atoms with van der Waals surface area (Å²) in [5, 5.41) is 0. The maximum absolute atomic E-state index is 12.6. The van der Waals surface area contributed by atoms with E-state index >= 15 is 0 Å². The maximum atomic E-state index is 12.6. The van der Waals surface area contributed by atoms with Crippen LogP contribution in [0.5, 0.6) is 0 Å². The molecule has 0 bridgehead atoms. The molecule has 0 aliphatic heterocycles. The number of rotatable bonds is 9. The molecule has 0 heterocycles. The second-order valence-corrected chi connectivity index (χ2v) is 9.88. The van der Waals surface area contributed by atoms with Crippen LogP contribution in [-0.4, -0.2) is 30.7 Å². The Hall–Kier alpha value is -2.82. The topological polar surface area (TPSA) is 55.8 Å².